The smallest absolute Gasteiger partial charge is 0.219 e. The van der Waals surface area contributed by atoms with Gasteiger partial charge >= 0.3 is 0 Å². The maximum atomic E-state index is 12.6. The first kappa shape index (κ1) is 16.5. The molecule has 134 valence electrons. The average molecular weight is 352 g/mol. The number of pyridine rings is 1. The van der Waals surface area contributed by atoms with Crippen LogP contribution in [0.5, 0.6) is 0 Å². The van der Waals surface area contributed by atoms with E-state index in [-0.39, 0.29) is 24.0 Å². The SMILES string of the molecule is CC(=O)N1CCC(C(=O)Cc2nc3cccc(-c4ccoc4)n3n2)CC1. The van der Waals surface area contributed by atoms with Crippen molar-refractivity contribution in [2.75, 3.05) is 13.1 Å². The Labute approximate surface area is 150 Å². The largest absolute Gasteiger partial charge is 0.472 e. The van der Waals surface area contributed by atoms with Crippen LogP contribution >= 0.6 is 0 Å². The molecule has 1 amide bonds. The van der Waals surface area contributed by atoms with E-state index >= 15 is 0 Å². The van der Waals surface area contributed by atoms with E-state index in [1.54, 1.807) is 28.9 Å². The molecule has 1 saturated heterocycles. The molecule has 0 saturated carbocycles. The highest BCUT2D eigenvalue weighted by Gasteiger charge is 2.26. The van der Waals surface area contributed by atoms with Crippen LogP contribution in [0, 0.1) is 5.92 Å². The lowest BCUT2D eigenvalue weighted by Crippen LogP contribution is -2.39. The quantitative estimate of drug-likeness (QED) is 0.720. The number of ketones is 1. The molecule has 0 atom stereocenters. The van der Waals surface area contributed by atoms with Crippen molar-refractivity contribution in [1.82, 2.24) is 19.5 Å². The lowest BCUT2D eigenvalue weighted by molar-refractivity contribution is -0.133. The van der Waals surface area contributed by atoms with E-state index < -0.39 is 0 Å². The fraction of sp³-hybridized carbons (Fsp3) is 0.368. The van der Waals surface area contributed by atoms with Gasteiger partial charge in [0.05, 0.1) is 24.6 Å². The van der Waals surface area contributed by atoms with Gasteiger partial charge in [-0.3, -0.25) is 9.59 Å². The van der Waals surface area contributed by atoms with Gasteiger partial charge in [0.25, 0.3) is 0 Å². The number of piperidine rings is 1. The minimum absolute atomic E-state index is 0.0226. The number of rotatable bonds is 4. The van der Waals surface area contributed by atoms with Crippen molar-refractivity contribution in [3.05, 3.63) is 42.6 Å². The van der Waals surface area contributed by atoms with Gasteiger partial charge in [-0.1, -0.05) is 6.07 Å². The van der Waals surface area contributed by atoms with Crippen molar-refractivity contribution in [1.29, 1.82) is 0 Å². The molecule has 3 aromatic heterocycles. The molecular weight excluding hydrogens is 332 g/mol. The highest BCUT2D eigenvalue weighted by molar-refractivity contribution is 5.83. The number of furan rings is 1. The summed E-state index contributed by atoms with van der Waals surface area (Å²) in [5, 5.41) is 4.53. The summed E-state index contributed by atoms with van der Waals surface area (Å²) in [6.07, 6.45) is 4.92. The first-order valence-corrected chi connectivity index (χ1v) is 8.77. The normalized spacial score (nSPS) is 15.5. The number of amides is 1. The summed E-state index contributed by atoms with van der Waals surface area (Å²) in [6.45, 7) is 2.87. The van der Waals surface area contributed by atoms with Crippen LogP contribution in [0.1, 0.15) is 25.6 Å². The van der Waals surface area contributed by atoms with E-state index in [0.29, 0.717) is 37.4 Å². The fourth-order valence-electron chi connectivity index (χ4n) is 3.47. The van der Waals surface area contributed by atoms with Gasteiger partial charge in [0.2, 0.25) is 5.91 Å². The first-order chi connectivity index (χ1) is 12.6. The minimum atomic E-state index is -0.0226. The third-order valence-electron chi connectivity index (χ3n) is 4.95. The number of likely N-dealkylation sites (tertiary alicyclic amines) is 1. The molecule has 0 aliphatic carbocycles. The second-order valence-electron chi connectivity index (χ2n) is 6.64. The molecule has 0 N–H and O–H groups in total. The molecule has 0 spiro atoms. The van der Waals surface area contributed by atoms with Crippen molar-refractivity contribution in [3.63, 3.8) is 0 Å². The Bertz CT molecular complexity index is 937. The molecule has 0 unspecified atom stereocenters. The standard InChI is InChI=1S/C19H20N4O3/c1-13(24)22-8-5-14(6-9-22)17(25)11-18-20-19-4-2-3-16(23(19)21-18)15-7-10-26-12-15/h2-4,7,10,12,14H,5-6,8-9,11H2,1H3. The molecule has 7 nitrogen and oxygen atoms in total. The molecule has 4 heterocycles. The molecule has 7 heteroatoms. The van der Waals surface area contributed by atoms with Crippen molar-refractivity contribution in [2.24, 2.45) is 5.92 Å². The van der Waals surface area contributed by atoms with Gasteiger partial charge in [-0.15, -0.1) is 0 Å². The van der Waals surface area contributed by atoms with Crippen LogP contribution in [0.4, 0.5) is 0 Å². The molecule has 0 aromatic carbocycles. The molecular formula is C19H20N4O3. The van der Waals surface area contributed by atoms with E-state index in [0.717, 1.165) is 11.3 Å². The Morgan fingerprint density at radius 1 is 1.23 bits per heavy atom. The lowest BCUT2D eigenvalue weighted by atomic mass is 9.91. The maximum absolute atomic E-state index is 12.6. The molecule has 4 rings (SSSR count). The molecule has 3 aromatic rings. The summed E-state index contributed by atoms with van der Waals surface area (Å²) < 4.78 is 6.89. The number of nitrogens with zero attached hydrogens (tertiary/aromatic N) is 4. The van der Waals surface area contributed by atoms with Crippen molar-refractivity contribution >= 4 is 17.3 Å². The molecule has 1 fully saturated rings. The zero-order valence-corrected chi connectivity index (χ0v) is 14.6. The lowest BCUT2D eigenvalue weighted by Gasteiger charge is -2.30. The molecule has 0 bridgehead atoms. The van der Waals surface area contributed by atoms with Gasteiger partial charge in [0, 0.05) is 31.5 Å². The Morgan fingerprint density at radius 2 is 2.04 bits per heavy atom. The summed E-state index contributed by atoms with van der Waals surface area (Å²) in [6, 6.07) is 7.59. The van der Waals surface area contributed by atoms with Crippen LogP contribution in [-0.2, 0) is 16.0 Å². The molecule has 1 aliphatic heterocycles. The van der Waals surface area contributed by atoms with Gasteiger partial charge in [-0.25, -0.2) is 9.50 Å². The van der Waals surface area contributed by atoms with Crippen molar-refractivity contribution < 1.29 is 14.0 Å². The van der Waals surface area contributed by atoms with Crippen molar-refractivity contribution in [3.8, 4) is 11.3 Å². The number of fused-ring (bicyclic) bond motifs is 1. The molecule has 0 radical (unpaired) electrons. The predicted octanol–water partition coefficient (Wildman–Crippen LogP) is 2.36. The van der Waals surface area contributed by atoms with Crippen molar-refractivity contribution in [2.45, 2.75) is 26.2 Å². The fourth-order valence-corrected chi connectivity index (χ4v) is 3.47. The highest BCUT2D eigenvalue weighted by Crippen LogP contribution is 2.22. The molecule has 26 heavy (non-hydrogen) atoms. The second-order valence-corrected chi connectivity index (χ2v) is 6.64. The Kier molecular flexibility index (Phi) is 4.28. The highest BCUT2D eigenvalue weighted by atomic mass is 16.3. The average Bonchev–Trinajstić information content (AvgIpc) is 3.30. The summed E-state index contributed by atoms with van der Waals surface area (Å²) in [5.41, 5.74) is 2.49. The van der Waals surface area contributed by atoms with Crippen LogP contribution in [0.15, 0.2) is 41.2 Å². The summed E-state index contributed by atoms with van der Waals surface area (Å²) >= 11 is 0. The van der Waals surface area contributed by atoms with E-state index in [4.69, 9.17) is 4.42 Å². The summed E-state index contributed by atoms with van der Waals surface area (Å²) in [7, 11) is 0. The number of carbonyl (C=O) groups is 2. The van der Waals surface area contributed by atoms with Crippen LogP contribution in [0.3, 0.4) is 0 Å². The third kappa shape index (κ3) is 3.12. The minimum Gasteiger partial charge on any atom is -0.472 e. The number of Topliss-reactive ketones (excluding diaryl/α,β-unsaturated/α-hetero) is 1. The van der Waals surface area contributed by atoms with Crippen LogP contribution in [0.2, 0.25) is 0 Å². The topological polar surface area (TPSA) is 80.7 Å². The summed E-state index contributed by atoms with van der Waals surface area (Å²) in [4.78, 5) is 30.3. The Balaban J connectivity index is 1.50. The number of hydrogen-bond donors (Lipinski definition) is 0. The van der Waals surface area contributed by atoms with Gasteiger partial charge < -0.3 is 9.32 Å². The first-order valence-electron chi connectivity index (χ1n) is 8.77. The Morgan fingerprint density at radius 3 is 2.73 bits per heavy atom. The van der Waals surface area contributed by atoms with Crippen LogP contribution in [-0.4, -0.2) is 44.3 Å². The second kappa shape index (κ2) is 6.74. The number of aromatic nitrogens is 3. The monoisotopic (exact) mass is 352 g/mol. The van der Waals surface area contributed by atoms with Gasteiger partial charge in [-0.05, 0) is 31.0 Å². The summed E-state index contributed by atoms with van der Waals surface area (Å²) in [5.74, 6) is 0.726. The predicted molar refractivity (Wildman–Crippen MR) is 94.4 cm³/mol. The number of carbonyl (C=O) groups excluding carboxylic acids is 2. The zero-order valence-electron chi connectivity index (χ0n) is 14.6. The zero-order chi connectivity index (χ0) is 18.1. The van der Waals surface area contributed by atoms with Crippen LogP contribution < -0.4 is 0 Å². The van der Waals surface area contributed by atoms with E-state index in [1.807, 2.05) is 24.3 Å². The number of hydrogen-bond acceptors (Lipinski definition) is 5. The maximum Gasteiger partial charge on any atom is 0.219 e. The van der Waals surface area contributed by atoms with Crippen LogP contribution in [0.25, 0.3) is 16.9 Å². The Hall–Kier alpha value is -2.96. The third-order valence-corrected chi connectivity index (χ3v) is 4.95. The van der Waals surface area contributed by atoms with E-state index in [1.165, 1.54) is 0 Å². The van der Waals surface area contributed by atoms with E-state index in [2.05, 4.69) is 10.1 Å². The molecule has 1 aliphatic rings. The van der Waals surface area contributed by atoms with Gasteiger partial charge in [-0.2, -0.15) is 5.10 Å². The van der Waals surface area contributed by atoms with E-state index in [9.17, 15) is 9.59 Å². The van der Waals surface area contributed by atoms with Gasteiger partial charge in [0.1, 0.15) is 5.78 Å². The van der Waals surface area contributed by atoms with Gasteiger partial charge in [0.15, 0.2) is 11.5 Å².